The van der Waals surface area contributed by atoms with Crippen LogP contribution in [0.1, 0.15) is 11.1 Å². The maximum atomic E-state index is 13.1. The lowest BCUT2D eigenvalue weighted by atomic mass is 10.0. The van der Waals surface area contributed by atoms with Gasteiger partial charge in [-0.25, -0.2) is 9.98 Å². The number of rotatable bonds is 5. The molecular formula is C38H25N5O2S. The SMILES string of the molecule is Cc1ccc(N(c2ccc(C)cc2)c2ccc(-c3cnc(N=c4c(=O)c(=O)c5cc6ccccc6cc45)c4nsnc34)cc2)cc1. The number of fused-ring (bicyclic) bond motifs is 3. The highest BCUT2D eigenvalue weighted by Crippen LogP contribution is 2.37. The van der Waals surface area contributed by atoms with E-state index in [0.29, 0.717) is 21.8 Å². The summed E-state index contributed by atoms with van der Waals surface area (Å²) >= 11 is 1.06. The molecule has 0 aliphatic carbocycles. The number of benzene rings is 5. The van der Waals surface area contributed by atoms with Crippen LogP contribution in [0.2, 0.25) is 0 Å². The molecule has 0 amide bonds. The normalized spacial score (nSPS) is 12.0. The summed E-state index contributed by atoms with van der Waals surface area (Å²) in [6.45, 7) is 4.17. The third kappa shape index (κ3) is 4.67. The number of aryl methyl sites for hydroxylation is 2. The molecule has 2 aromatic heterocycles. The van der Waals surface area contributed by atoms with Crippen LogP contribution in [0.3, 0.4) is 0 Å². The first-order valence-electron chi connectivity index (χ1n) is 14.8. The molecule has 8 heteroatoms. The summed E-state index contributed by atoms with van der Waals surface area (Å²) in [5, 5.41) is 2.77. The Hall–Kier alpha value is -5.86. The van der Waals surface area contributed by atoms with Gasteiger partial charge in [0.25, 0.3) is 5.43 Å². The van der Waals surface area contributed by atoms with E-state index in [-0.39, 0.29) is 11.2 Å². The average Bonchev–Trinajstić information content (AvgIpc) is 3.66. The Morgan fingerprint density at radius 2 is 1.17 bits per heavy atom. The molecule has 0 N–H and O–H groups in total. The minimum atomic E-state index is -0.644. The van der Waals surface area contributed by atoms with Crippen LogP contribution in [0.5, 0.6) is 0 Å². The molecule has 2 heterocycles. The molecule has 0 spiro atoms. The summed E-state index contributed by atoms with van der Waals surface area (Å²) in [5.74, 6) is 0.256. The van der Waals surface area contributed by atoms with Crippen molar-refractivity contribution in [2.75, 3.05) is 4.90 Å². The monoisotopic (exact) mass is 615 g/mol. The van der Waals surface area contributed by atoms with Crippen LogP contribution in [0.25, 0.3) is 43.7 Å². The maximum absolute atomic E-state index is 13.1. The summed E-state index contributed by atoms with van der Waals surface area (Å²) in [6, 6.07) is 36.5. The van der Waals surface area contributed by atoms with Crippen molar-refractivity contribution in [3.63, 3.8) is 0 Å². The van der Waals surface area contributed by atoms with Crippen molar-refractivity contribution >= 4 is 67.2 Å². The highest BCUT2D eigenvalue weighted by atomic mass is 32.1. The number of nitrogens with zero attached hydrogens (tertiary/aromatic N) is 5. The molecule has 8 aromatic rings. The molecule has 0 aliphatic heterocycles. The molecule has 0 atom stereocenters. The fraction of sp³-hybridized carbons (Fsp3) is 0.0526. The Labute approximate surface area is 267 Å². The molecule has 8 rings (SSSR count). The van der Waals surface area contributed by atoms with E-state index >= 15 is 0 Å². The van der Waals surface area contributed by atoms with Crippen molar-refractivity contribution in [1.29, 1.82) is 0 Å². The molecule has 0 unspecified atom stereocenters. The number of hydrogen-bond donors (Lipinski definition) is 0. The van der Waals surface area contributed by atoms with Crippen LogP contribution in [0.15, 0.2) is 130 Å². The zero-order chi connectivity index (χ0) is 31.4. The predicted octanol–water partition coefficient (Wildman–Crippen LogP) is 7.97. The summed E-state index contributed by atoms with van der Waals surface area (Å²) in [7, 11) is 0. The van der Waals surface area contributed by atoms with E-state index < -0.39 is 10.9 Å². The minimum absolute atomic E-state index is 0.0805. The van der Waals surface area contributed by atoms with Crippen LogP contribution in [0, 0.1) is 13.8 Å². The highest BCUT2D eigenvalue weighted by Gasteiger charge is 2.18. The van der Waals surface area contributed by atoms with Crippen molar-refractivity contribution in [3.05, 3.63) is 152 Å². The van der Waals surface area contributed by atoms with Gasteiger partial charge in [0, 0.05) is 39.6 Å². The zero-order valence-corrected chi connectivity index (χ0v) is 25.7. The van der Waals surface area contributed by atoms with Crippen LogP contribution < -0.4 is 21.1 Å². The second-order valence-corrected chi connectivity index (χ2v) is 11.9. The summed E-state index contributed by atoms with van der Waals surface area (Å²) in [5.41, 5.74) is 7.17. The molecule has 220 valence electrons. The Balaban J connectivity index is 1.21. The van der Waals surface area contributed by atoms with E-state index in [0.717, 1.165) is 50.7 Å². The smallest absolute Gasteiger partial charge is 0.252 e. The van der Waals surface area contributed by atoms with E-state index in [1.165, 1.54) is 11.1 Å². The van der Waals surface area contributed by atoms with Gasteiger partial charge in [0.1, 0.15) is 16.4 Å². The predicted molar refractivity (Wildman–Crippen MR) is 186 cm³/mol. The molecule has 0 saturated carbocycles. The highest BCUT2D eigenvalue weighted by molar-refractivity contribution is 7.00. The first kappa shape index (κ1) is 27.7. The van der Waals surface area contributed by atoms with Crippen molar-refractivity contribution in [2.45, 2.75) is 13.8 Å². The Morgan fingerprint density at radius 3 is 1.78 bits per heavy atom. The van der Waals surface area contributed by atoms with E-state index in [1.54, 1.807) is 12.3 Å². The van der Waals surface area contributed by atoms with Gasteiger partial charge in [0.05, 0.1) is 11.7 Å². The lowest BCUT2D eigenvalue weighted by molar-refractivity contribution is 1.23. The van der Waals surface area contributed by atoms with E-state index in [1.807, 2.05) is 42.5 Å². The standard InChI is InChI=1S/C38H25N5O2S/c1-22-7-13-27(14-8-22)43(28-15-9-23(2)10-16-28)29-17-11-24(12-18-29)32-21-39-38(35-33(32)41-46-42-35)40-34-30-19-25-5-3-4-6-26(25)20-31(30)36(44)37(34)45/h3-21H,1-2H3. The number of aromatic nitrogens is 3. The lowest BCUT2D eigenvalue weighted by Crippen LogP contribution is -2.30. The number of pyridine rings is 1. The third-order valence-electron chi connectivity index (χ3n) is 8.32. The van der Waals surface area contributed by atoms with Gasteiger partial charge in [0.15, 0.2) is 5.82 Å². The van der Waals surface area contributed by atoms with Crippen molar-refractivity contribution < 1.29 is 0 Å². The van der Waals surface area contributed by atoms with Gasteiger partial charge in [-0.1, -0.05) is 71.8 Å². The molecular weight excluding hydrogens is 591 g/mol. The average molecular weight is 616 g/mol. The molecule has 0 radical (unpaired) electrons. The Bertz CT molecular complexity index is 2540. The van der Waals surface area contributed by atoms with Crippen LogP contribution in [-0.2, 0) is 0 Å². The van der Waals surface area contributed by atoms with Crippen LogP contribution in [0.4, 0.5) is 22.9 Å². The molecule has 46 heavy (non-hydrogen) atoms. The first-order valence-corrected chi connectivity index (χ1v) is 15.5. The molecule has 7 nitrogen and oxygen atoms in total. The van der Waals surface area contributed by atoms with E-state index in [9.17, 15) is 9.59 Å². The molecule has 6 aromatic carbocycles. The third-order valence-corrected chi connectivity index (χ3v) is 8.85. The summed E-state index contributed by atoms with van der Waals surface area (Å²) in [6.07, 6.45) is 1.71. The number of hydrogen-bond acceptors (Lipinski definition) is 8. The van der Waals surface area contributed by atoms with Crippen molar-refractivity contribution in [1.82, 2.24) is 13.7 Å². The van der Waals surface area contributed by atoms with Gasteiger partial charge >= 0.3 is 0 Å². The topological polar surface area (TPSA) is 88.4 Å². The quantitative estimate of drug-likeness (QED) is 0.183. The lowest BCUT2D eigenvalue weighted by Gasteiger charge is -2.26. The fourth-order valence-corrected chi connectivity index (χ4v) is 6.43. The van der Waals surface area contributed by atoms with E-state index in [4.69, 9.17) is 0 Å². The molecule has 0 aliphatic rings. The van der Waals surface area contributed by atoms with Crippen LogP contribution >= 0.6 is 11.7 Å². The molecule has 0 bridgehead atoms. The minimum Gasteiger partial charge on any atom is -0.311 e. The van der Waals surface area contributed by atoms with Crippen LogP contribution in [-0.4, -0.2) is 13.7 Å². The van der Waals surface area contributed by atoms with Crippen molar-refractivity contribution in [3.8, 4) is 11.1 Å². The fourth-order valence-electron chi connectivity index (χ4n) is 5.87. The zero-order valence-electron chi connectivity index (χ0n) is 24.9. The summed E-state index contributed by atoms with van der Waals surface area (Å²) in [4.78, 5) is 37.5. The van der Waals surface area contributed by atoms with Crippen molar-refractivity contribution in [2.24, 2.45) is 4.99 Å². The largest absolute Gasteiger partial charge is 0.311 e. The Morgan fingerprint density at radius 1 is 0.630 bits per heavy atom. The van der Waals surface area contributed by atoms with Gasteiger partial charge in [-0.3, -0.25) is 9.59 Å². The molecule has 0 saturated heterocycles. The van der Waals surface area contributed by atoms with Gasteiger partial charge in [-0.2, -0.15) is 8.75 Å². The summed E-state index contributed by atoms with van der Waals surface area (Å²) < 4.78 is 9.07. The Kier molecular flexibility index (Phi) is 6.58. The second kappa shape index (κ2) is 10.9. The van der Waals surface area contributed by atoms with Gasteiger partial charge in [-0.05, 0) is 78.7 Å². The maximum Gasteiger partial charge on any atom is 0.252 e. The van der Waals surface area contributed by atoms with Gasteiger partial charge in [0.2, 0.25) is 5.43 Å². The first-order chi connectivity index (χ1) is 22.4. The van der Waals surface area contributed by atoms with E-state index in [2.05, 4.69) is 98.1 Å². The van der Waals surface area contributed by atoms with Gasteiger partial charge < -0.3 is 4.90 Å². The molecule has 0 fully saturated rings. The van der Waals surface area contributed by atoms with Gasteiger partial charge in [-0.15, -0.1) is 0 Å². The number of anilines is 3. The second-order valence-electron chi connectivity index (χ2n) is 11.4.